The fourth-order valence-electron chi connectivity index (χ4n) is 2.50. The van der Waals surface area contributed by atoms with Crippen LogP contribution < -0.4 is 10.2 Å². The number of nitrogens with zero attached hydrogens (tertiary/aromatic N) is 1. The number of carbonyl (C=O) groups excluding carboxylic acids is 2. The summed E-state index contributed by atoms with van der Waals surface area (Å²) in [5, 5.41) is 2.39. The molecule has 3 rings (SSSR count). The van der Waals surface area contributed by atoms with E-state index in [1.807, 2.05) is 0 Å². The fourth-order valence-corrected chi connectivity index (χ4v) is 2.50. The summed E-state index contributed by atoms with van der Waals surface area (Å²) in [7, 11) is 0. The van der Waals surface area contributed by atoms with Crippen LogP contribution in [0.5, 0.6) is 0 Å². The van der Waals surface area contributed by atoms with Crippen molar-refractivity contribution in [1.29, 1.82) is 0 Å². The molecule has 1 fully saturated rings. The van der Waals surface area contributed by atoms with E-state index in [0.717, 1.165) is 18.2 Å². The number of benzene rings is 2. The van der Waals surface area contributed by atoms with Gasteiger partial charge >= 0.3 is 0 Å². The van der Waals surface area contributed by atoms with Crippen molar-refractivity contribution in [3.05, 3.63) is 59.7 Å². The molecule has 0 spiro atoms. The van der Waals surface area contributed by atoms with Gasteiger partial charge in [-0.25, -0.2) is 8.78 Å². The summed E-state index contributed by atoms with van der Waals surface area (Å²) in [6.07, 6.45) is 1.36. The summed E-state index contributed by atoms with van der Waals surface area (Å²) in [5.41, 5.74) is 0.969. The summed E-state index contributed by atoms with van der Waals surface area (Å²) in [6.45, 7) is 0.672. The van der Waals surface area contributed by atoms with Crippen LogP contribution in [0.1, 0.15) is 23.2 Å². The average Bonchev–Trinajstić information content (AvgIpc) is 2.96. The molecule has 1 aliphatic heterocycles. The van der Waals surface area contributed by atoms with E-state index in [-0.39, 0.29) is 11.6 Å². The highest BCUT2D eigenvalue weighted by Gasteiger charge is 2.21. The van der Waals surface area contributed by atoms with E-state index in [1.54, 1.807) is 29.2 Å². The predicted molar refractivity (Wildman–Crippen MR) is 82.3 cm³/mol. The normalized spacial score (nSPS) is 14.2. The highest BCUT2D eigenvalue weighted by Crippen LogP contribution is 2.22. The van der Waals surface area contributed by atoms with E-state index in [0.29, 0.717) is 24.6 Å². The Balaban J connectivity index is 1.74. The minimum Gasteiger partial charge on any atom is -0.319 e. The zero-order valence-electron chi connectivity index (χ0n) is 12.2. The zero-order chi connectivity index (χ0) is 16.4. The molecule has 0 aromatic heterocycles. The second-order valence-electron chi connectivity index (χ2n) is 5.27. The maximum atomic E-state index is 13.5. The van der Waals surface area contributed by atoms with Crippen LogP contribution in [-0.2, 0) is 4.79 Å². The van der Waals surface area contributed by atoms with Gasteiger partial charge in [0.1, 0.15) is 11.6 Å². The Hall–Kier alpha value is -2.76. The Bertz CT molecular complexity index is 760. The summed E-state index contributed by atoms with van der Waals surface area (Å²) >= 11 is 0. The molecule has 1 saturated heterocycles. The van der Waals surface area contributed by atoms with Gasteiger partial charge in [0.25, 0.3) is 5.91 Å². The standard InChI is InChI=1S/C17H14F2N2O2/c18-12-5-8-15(14(19)10-12)20-17(23)11-3-6-13(7-4-11)21-9-1-2-16(21)22/h3-8,10H,1-2,9H2,(H,20,23). The van der Waals surface area contributed by atoms with Gasteiger partial charge in [-0.15, -0.1) is 0 Å². The molecule has 2 amide bonds. The smallest absolute Gasteiger partial charge is 0.255 e. The Kier molecular flexibility index (Phi) is 4.06. The molecule has 0 radical (unpaired) electrons. The molecular formula is C17H14F2N2O2. The SMILES string of the molecule is O=C(Nc1ccc(F)cc1F)c1ccc(N2CCCC2=O)cc1. The molecule has 2 aromatic rings. The second-order valence-corrected chi connectivity index (χ2v) is 5.27. The monoisotopic (exact) mass is 316 g/mol. The average molecular weight is 316 g/mol. The van der Waals surface area contributed by atoms with Crippen LogP contribution in [0.4, 0.5) is 20.2 Å². The van der Waals surface area contributed by atoms with Crippen molar-refractivity contribution >= 4 is 23.2 Å². The predicted octanol–water partition coefficient (Wildman–Crippen LogP) is 3.34. The van der Waals surface area contributed by atoms with Crippen LogP contribution in [0.2, 0.25) is 0 Å². The largest absolute Gasteiger partial charge is 0.319 e. The van der Waals surface area contributed by atoms with Crippen molar-refractivity contribution in [2.45, 2.75) is 12.8 Å². The molecule has 6 heteroatoms. The van der Waals surface area contributed by atoms with Crippen LogP contribution >= 0.6 is 0 Å². The third kappa shape index (κ3) is 3.21. The van der Waals surface area contributed by atoms with Gasteiger partial charge < -0.3 is 10.2 Å². The van der Waals surface area contributed by atoms with E-state index in [1.165, 1.54) is 6.07 Å². The van der Waals surface area contributed by atoms with Gasteiger partial charge in [-0.1, -0.05) is 0 Å². The van der Waals surface area contributed by atoms with E-state index < -0.39 is 17.5 Å². The van der Waals surface area contributed by atoms with Crippen LogP contribution in [0.3, 0.4) is 0 Å². The molecule has 0 unspecified atom stereocenters. The van der Waals surface area contributed by atoms with Gasteiger partial charge in [0.05, 0.1) is 5.69 Å². The summed E-state index contributed by atoms with van der Waals surface area (Å²) in [5.74, 6) is -1.98. The van der Waals surface area contributed by atoms with Gasteiger partial charge in [-0.2, -0.15) is 0 Å². The summed E-state index contributed by atoms with van der Waals surface area (Å²) in [6, 6.07) is 9.44. The molecule has 1 N–H and O–H groups in total. The van der Waals surface area contributed by atoms with Crippen LogP contribution in [-0.4, -0.2) is 18.4 Å². The number of halogens is 2. The van der Waals surface area contributed by atoms with Crippen LogP contribution in [0.25, 0.3) is 0 Å². The number of anilines is 2. The van der Waals surface area contributed by atoms with Crippen molar-refractivity contribution in [2.24, 2.45) is 0 Å². The molecular weight excluding hydrogens is 302 g/mol. The molecule has 0 bridgehead atoms. The molecule has 23 heavy (non-hydrogen) atoms. The van der Waals surface area contributed by atoms with Gasteiger partial charge in [-0.3, -0.25) is 9.59 Å². The first-order valence-corrected chi connectivity index (χ1v) is 7.21. The van der Waals surface area contributed by atoms with E-state index in [2.05, 4.69) is 5.32 Å². The van der Waals surface area contributed by atoms with Crippen molar-refractivity contribution < 1.29 is 18.4 Å². The Morgan fingerprint density at radius 3 is 2.43 bits per heavy atom. The Labute approximate surface area is 131 Å². The lowest BCUT2D eigenvalue weighted by Gasteiger charge is -2.15. The third-order valence-electron chi connectivity index (χ3n) is 3.69. The molecule has 0 atom stereocenters. The second kappa shape index (κ2) is 6.16. The van der Waals surface area contributed by atoms with Crippen molar-refractivity contribution in [1.82, 2.24) is 0 Å². The third-order valence-corrected chi connectivity index (χ3v) is 3.69. The van der Waals surface area contributed by atoms with Crippen molar-refractivity contribution in [2.75, 3.05) is 16.8 Å². The lowest BCUT2D eigenvalue weighted by atomic mass is 10.1. The van der Waals surface area contributed by atoms with Crippen molar-refractivity contribution in [3.8, 4) is 0 Å². The number of nitrogens with one attached hydrogen (secondary N) is 1. The number of hydrogen-bond donors (Lipinski definition) is 1. The molecule has 118 valence electrons. The highest BCUT2D eigenvalue weighted by atomic mass is 19.1. The lowest BCUT2D eigenvalue weighted by molar-refractivity contribution is -0.117. The van der Waals surface area contributed by atoms with E-state index in [9.17, 15) is 18.4 Å². The number of rotatable bonds is 3. The minimum absolute atomic E-state index is 0.0654. The lowest BCUT2D eigenvalue weighted by Crippen LogP contribution is -2.23. The molecule has 4 nitrogen and oxygen atoms in total. The van der Waals surface area contributed by atoms with Gasteiger partial charge in [0, 0.05) is 30.3 Å². The van der Waals surface area contributed by atoms with Crippen molar-refractivity contribution in [3.63, 3.8) is 0 Å². The maximum absolute atomic E-state index is 13.5. The number of carbonyl (C=O) groups is 2. The number of hydrogen-bond acceptors (Lipinski definition) is 2. The highest BCUT2D eigenvalue weighted by molar-refractivity contribution is 6.05. The summed E-state index contributed by atoms with van der Waals surface area (Å²) in [4.78, 5) is 25.4. The maximum Gasteiger partial charge on any atom is 0.255 e. The van der Waals surface area contributed by atoms with E-state index in [4.69, 9.17) is 0 Å². The molecule has 2 aromatic carbocycles. The molecule has 0 aliphatic carbocycles. The fraction of sp³-hybridized carbons (Fsp3) is 0.176. The minimum atomic E-state index is -0.836. The molecule has 1 heterocycles. The molecule has 0 saturated carbocycles. The van der Waals surface area contributed by atoms with Gasteiger partial charge in [0.15, 0.2) is 0 Å². The quantitative estimate of drug-likeness (QED) is 0.944. The first-order valence-electron chi connectivity index (χ1n) is 7.21. The van der Waals surface area contributed by atoms with Crippen LogP contribution in [0.15, 0.2) is 42.5 Å². The first-order chi connectivity index (χ1) is 11.0. The zero-order valence-corrected chi connectivity index (χ0v) is 12.2. The Morgan fingerprint density at radius 2 is 1.83 bits per heavy atom. The number of amides is 2. The summed E-state index contributed by atoms with van der Waals surface area (Å²) < 4.78 is 26.4. The first kappa shape index (κ1) is 15.1. The Morgan fingerprint density at radius 1 is 1.09 bits per heavy atom. The van der Waals surface area contributed by atoms with E-state index >= 15 is 0 Å². The topological polar surface area (TPSA) is 49.4 Å². The van der Waals surface area contributed by atoms with Crippen LogP contribution in [0, 0.1) is 11.6 Å². The molecule has 1 aliphatic rings. The van der Waals surface area contributed by atoms with Gasteiger partial charge in [-0.05, 0) is 42.8 Å². The van der Waals surface area contributed by atoms with Gasteiger partial charge in [0.2, 0.25) is 5.91 Å².